The zero-order valence-corrected chi connectivity index (χ0v) is 18.6. The number of aromatic amines is 1. The third kappa shape index (κ3) is 3.21. The molecule has 0 atom stereocenters. The summed E-state index contributed by atoms with van der Waals surface area (Å²) in [5.41, 5.74) is 5.44. The largest absolute Gasteiger partial charge is 0.355 e. The molecule has 0 bridgehead atoms. The van der Waals surface area contributed by atoms with Crippen LogP contribution in [0.4, 0.5) is 5.82 Å². The Hall–Kier alpha value is -3.95. The zero-order chi connectivity index (χ0) is 22.5. The Bertz CT molecular complexity index is 1540. The number of benzene rings is 1. The number of hydrogen-bond donors (Lipinski definition) is 1. The molecule has 33 heavy (non-hydrogen) atoms. The van der Waals surface area contributed by atoms with Gasteiger partial charge >= 0.3 is 5.69 Å². The molecule has 10 heteroatoms. The van der Waals surface area contributed by atoms with Gasteiger partial charge in [0.15, 0.2) is 17.0 Å². The van der Waals surface area contributed by atoms with E-state index in [1.807, 2.05) is 60.7 Å². The smallest absolute Gasteiger partial charge is 0.326 e. The average molecular weight is 438 g/mol. The van der Waals surface area contributed by atoms with E-state index < -0.39 is 0 Å². The van der Waals surface area contributed by atoms with Crippen LogP contribution in [-0.2, 0) is 7.05 Å². The Morgan fingerprint density at radius 3 is 2.76 bits per heavy atom. The summed E-state index contributed by atoms with van der Waals surface area (Å²) in [5, 5.41) is 0. The average Bonchev–Trinajstić information content (AvgIpc) is 3.35. The molecule has 0 amide bonds. The fourth-order valence-corrected chi connectivity index (χ4v) is 4.93. The van der Waals surface area contributed by atoms with E-state index in [2.05, 4.69) is 30.9 Å². The van der Waals surface area contributed by atoms with Crippen LogP contribution in [0, 0.1) is 0 Å². The molecule has 1 aliphatic rings. The normalized spacial score (nSPS) is 15.0. The van der Waals surface area contributed by atoms with Gasteiger partial charge in [-0.2, -0.15) is 0 Å². The first-order valence-corrected chi connectivity index (χ1v) is 11.1. The van der Waals surface area contributed by atoms with Crippen molar-refractivity contribution in [2.24, 2.45) is 7.05 Å². The molecule has 9 nitrogen and oxygen atoms in total. The van der Waals surface area contributed by atoms with Crippen LogP contribution in [0.15, 0.2) is 53.8 Å². The molecular weight excluding hydrogens is 415 g/mol. The van der Waals surface area contributed by atoms with Crippen LogP contribution < -0.4 is 16.1 Å². The molecule has 5 heterocycles. The highest BCUT2D eigenvalue weighted by molar-refractivity contribution is 6.32. The van der Waals surface area contributed by atoms with Crippen LogP contribution in [-0.4, -0.2) is 55.0 Å². The lowest BCUT2D eigenvalue weighted by Gasteiger charge is -2.33. The van der Waals surface area contributed by atoms with Crippen molar-refractivity contribution in [1.82, 2.24) is 34.1 Å². The van der Waals surface area contributed by atoms with Gasteiger partial charge in [-0.3, -0.25) is 9.55 Å². The summed E-state index contributed by atoms with van der Waals surface area (Å²) in [4.78, 5) is 36.2. The van der Waals surface area contributed by atoms with E-state index in [0.29, 0.717) is 0 Å². The predicted molar refractivity (Wildman–Crippen MR) is 131 cm³/mol. The van der Waals surface area contributed by atoms with E-state index in [0.717, 1.165) is 70.8 Å². The van der Waals surface area contributed by atoms with E-state index in [-0.39, 0.29) is 11.7 Å². The van der Waals surface area contributed by atoms with Gasteiger partial charge in [-0.1, -0.05) is 23.7 Å². The Morgan fingerprint density at radius 1 is 1.12 bits per heavy atom. The molecule has 1 aliphatic heterocycles. The summed E-state index contributed by atoms with van der Waals surface area (Å²) in [6.45, 7) is 1.58. The number of fused-ring (bicyclic) bond motifs is 2. The Morgan fingerprint density at radius 2 is 1.94 bits per heavy atom. The number of imidazole rings is 2. The first-order valence-electron chi connectivity index (χ1n) is 11.1. The highest BCUT2D eigenvalue weighted by atomic mass is 16.1. The third-order valence-corrected chi connectivity index (χ3v) is 6.52. The van der Waals surface area contributed by atoms with E-state index in [1.54, 1.807) is 6.33 Å². The second-order valence-corrected chi connectivity index (χ2v) is 8.65. The third-order valence-electron chi connectivity index (χ3n) is 6.52. The molecule has 1 N–H and O–H groups in total. The molecule has 1 saturated heterocycles. The van der Waals surface area contributed by atoms with Gasteiger partial charge in [0.2, 0.25) is 0 Å². The number of piperidine rings is 1. The van der Waals surface area contributed by atoms with E-state index in [1.165, 1.54) is 0 Å². The maximum absolute atomic E-state index is 12.6. The van der Waals surface area contributed by atoms with Gasteiger partial charge < -0.3 is 14.5 Å². The highest BCUT2D eigenvalue weighted by Crippen LogP contribution is 2.31. The second kappa shape index (κ2) is 7.58. The number of rotatable bonds is 3. The monoisotopic (exact) mass is 438 g/mol. The van der Waals surface area contributed by atoms with Crippen LogP contribution in [0.1, 0.15) is 18.9 Å². The first-order chi connectivity index (χ1) is 16.1. The standard InChI is InChI=1S/C23H23BN8O/c1-30-20(14-10-15(24)12-25-11-14)29-19-21(30)26-13-27-22(19)31-8-6-16(7-9-31)32-18-5-3-2-4-17(18)28-23(32)33/h2-5,10-13,16H,6-9,24H2,1H3,(H,28,33). The number of nitrogens with zero attached hydrogens (tertiary/aromatic N) is 7. The molecule has 6 rings (SSSR count). The van der Waals surface area contributed by atoms with E-state index >= 15 is 0 Å². The van der Waals surface area contributed by atoms with Crippen molar-refractivity contribution in [2.45, 2.75) is 18.9 Å². The van der Waals surface area contributed by atoms with Gasteiger partial charge in [0.25, 0.3) is 0 Å². The molecule has 164 valence electrons. The predicted octanol–water partition coefficient (Wildman–Crippen LogP) is 1.17. The van der Waals surface area contributed by atoms with Crippen molar-refractivity contribution in [3.8, 4) is 11.4 Å². The number of H-pyrrole nitrogens is 1. The van der Waals surface area contributed by atoms with Crippen molar-refractivity contribution in [2.75, 3.05) is 18.0 Å². The number of para-hydroxylation sites is 2. The van der Waals surface area contributed by atoms with E-state index in [9.17, 15) is 4.79 Å². The number of pyridine rings is 1. The molecule has 1 aromatic carbocycles. The Kier molecular flexibility index (Phi) is 4.53. The topological polar surface area (TPSA) is 97.5 Å². The fourth-order valence-electron chi connectivity index (χ4n) is 4.93. The second-order valence-electron chi connectivity index (χ2n) is 8.65. The van der Waals surface area contributed by atoms with Gasteiger partial charge in [0, 0.05) is 44.1 Å². The fraction of sp³-hybridized carbons (Fsp3) is 0.261. The number of anilines is 1. The van der Waals surface area contributed by atoms with Crippen molar-refractivity contribution in [1.29, 1.82) is 0 Å². The van der Waals surface area contributed by atoms with Crippen molar-refractivity contribution >= 4 is 41.3 Å². The molecule has 0 spiro atoms. The number of aryl methyl sites for hydroxylation is 1. The van der Waals surface area contributed by atoms with Crippen molar-refractivity contribution in [3.05, 3.63) is 59.5 Å². The summed E-state index contributed by atoms with van der Waals surface area (Å²) >= 11 is 0. The van der Waals surface area contributed by atoms with Crippen LogP contribution >= 0.6 is 0 Å². The SMILES string of the molecule is Bc1cncc(-c2nc3c(N4CCC(n5c(=O)[nH]c6ccccc65)CC4)ncnc3n2C)c1. The molecule has 0 unspecified atom stereocenters. The molecule has 0 radical (unpaired) electrons. The van der Waals surface area contributed by atoms with Gasteiger partial charge in [-0.05, 0) is 25.0 Å². The van der Waals surface area contributed by atoms with Crippen LogP contribution in [0.5, 0.6) is 0 Å². The van der Waals surface area contributed by atoms with Crippen molar-refractivity contribution < 1.29 is 0 Å². The van der Waals surface area contributed by atoms with E-state index in [4.69, 9.17) is 4.98 Å². The zero-order valence-electron chi connectivity index (χ0n) is 18.6. The number of hydrogen-bond acceptors (Lipinski definition) is 6. The molecule has 5 aromatic rings. The maximum atomic E-state index is 12.6. The summed E-state index contributed by atoms with van der Waals surface area (Å²) in [6, 6.07) is 10.1. The van der Waals surface area contributed by atoms with Crippen LogP contribution in [0.2, 0.25) is 0 Å². The summed E-state index contributed by atoms with van der Waals surface area (Å²) in [6.07, 6.45) is 6.98. The van der Waals surface area contributed by atoms with Gasteiger partial charge in [0.05, 0.1) is 11.0 Å². The summed E-state index contributed by atoms with van der Waals surface area (Å²) in [5.74, 6) is 1.66. The maximum Gasteiger partial charge on any atom is 0.326 e. The lowest BCUT2D eigenvalue weighted by Crippen LogP contribution is -2.37. The minimum absolute atomic E-state index is 0.0415. The summed E-state index contributed by atoms with van der Waals surface area (Å²) in [7, 11) is 3.99. The molecule has 0 saturated carbocycles. The van der Waals surface area contributed by atoms with Crippen molar-refractivity contribution in [3.63, 3.8) is 0 Å². The first kappa shape index (κ1) is 19.7. The van der Waals surface area contributed by atoms with Gasteiger partial charge in [-0.25, -0.2) is 19.7 Å². The molecule has 4 aromatic heterocycles. The quantitative estimate of drug-likeness (QED) is 0.425. The minimum atomic E-state index is -0.0415. The Balaban J connectivity index is 1.32. The number of nitrogens with one attached hydrogen (secondary N) is 1. The molecular formula is C23H23BN8O. The molecule has 0 aliphatic carbocycles. The lowest BCUT2D eigenvalue weighted by atomic mass is 9.97. The highest BCUT2D eigenvalue weighted by Gasteiger charge is 2.26. The van der Waals surface area contributed by atoms with Crippen LogP contribution in [0.3, 0.4) is 0 Å². The van der Waals surface area contributed by atoms with Gasteiger partial charge in [0.1, 0.15) is 20.0 Å². The minimum Gasteiger partial charge on any atom is -0.355 e. The van der Waals surface area contributed by atoms with Gasteiger partial charge in [-0.15, -0.1) is 0 Å². The Labute approximate surface area is 190 Å². The lowest BCUT2D eigenvalue weighted by molar-refractivity contribution is 0.395. The summed E-state index contributed by atoms with van der Waals surface area (Å²) < 4.78 is 3.90. The number of aromatic nitrogens is 7. The van der Waals surface area contributed by atoms with Crippen LogP contribution in [0.25, 0.3) is 33.6 Å². The molecule has 1 fully saturated rings.